The van der Waals surface area contributed by atoms with Gasteiger partial charge in [0, 0.05) is 36.8 Å². The summed E-state index contributed by atoms with van der Waals surface area (Å²) in [5.74, 6) is -0.694. The molecule has 7 nitrogen and oxygen atoms in total. The summed E-state index contributed by atoms with van der Waals surface area (Å²) in [4.78, 5) is 7.65. The number of pyridine rings is 2. The second-order valence-electron chi connectivity index (χ2n) is 7.38. The number of rotatable bonds is 5. The molecule has 1 aromatic carbocycles. The molecular weight excluding hydrogens is 474 g/mol. The Hall–Kier alpha value is -3.80. The summed E-state index contributed by atoms with van der Waals surface area (Å²) < 4.78 is 80.6. The van der Waals surface area contributed by atoms with E-state index < -0.39 is 27.6 Å². The third-order valence-corrected chi connectivity index (χ3v) is 6.85. The molecule has 0 radical (unpaired) electrons. The van der Waals surface area contributed by atoms with Crippen LogP contribution in [0.5, 0.6) is 0 Å². The molecule has 0 atom stereocenters. The molecule has 0 amide bonds. The van der Waals surface area contributed by atoms with Gasteiger partial charge in [-0.05, 0) is 42.8 Å². The lowest BCUT2D eigenvalue weighted by molar-refractivity contribution is -0.137. The van der Waals surface area contributed by atoms with E-state index in [0.29, 0.717) is 26.9 Å². The number of halogens is 4. The lowest BCUT2D eigenvalue weighted by atomic mass is 10.1. The van der Waals surface area contributed by atoms with Crippen LogP contribution in [0.2, 0.25) is 0 Å². The van der Waals surface area contributed by atoms with Gasteiger partial charge in [0.2, 0.25) is 0 Å². The molecule has 0 aliphatic heterocycles. The third kappa shape index (κ3) is 4.49. The van der Waals surface area contributed by atoms with Crippen LogP contribution in [0.1, 0.15) is 16.8 Å². The van der Waals surface area contributed by atoms with E-state index >= 15 is 0 Å². The lowest BCUT2D eigenvalue weighted by Gasteiger charge is -2.15. The molecule has 0 bridgehead atoms. The Balaban J connectivity index is 1.68. The summed E-state index contributed by atoms with van der Waals surface area (Å²) in [6.45, 7) is 1.54. The highest BCUT2D eigenvalue weighted by atomic mass is 32.2. The van der Waals surface area contributed by atoms with Crippen molar-refractivity contribution in [1.29, 1.82) is 0 Å². The second kappa shape index (κ2) is 8.52. The van der Waals surface area contributed by atoms with Crippen molar-refractivity contribution < 1.29 is 26.0 Å². The molecule has 4 aromatic rings. The maximum Gasteiger partial charge on any atom is 0.417 e. The van der Waals surface area contributed by atoms with E-state index in [1.807, 2.05) is 0 Å². The first kappa shape index (κ1) is 23.4. The van der Waals surface area contributed by atoms with Crippen LogP contribution >= 0.6 is 0 Å². The van der Waals surface area contributed by atoms with Gasteiger partial charge in [-0.2, -0.15) is 31.1 Å². The number of benzene rings is 1. The van der Waals surface area contributed by atoms with Gasteiger partial charge in [-0.3, -0.25) is 9.38 Å². The molecule has 0 aliphatic carbocycles. The maximum absolute atomic E-state index is 13.6. The minimum absolute atomic E-state index is 0.218. The number of aryl methyl sites for hydroxylation is 1. The van der Waals surface area contributed by atoms with Gasteiger partial charge in [-0.15, -0.1) is 0 Å². The minimum Gasteiger partial charge on any atom is -0.298 e. The Kier molecular flexibility index (Phi) is 5.86. The molecule has 4 rings (SSSR count). The summed E-state index contributed by atoms with van der Waals surface area (Å²) in [7, 11) is -2.91. The Labute approximate surface area is 192 Å². The first-order chi connectivity index (χ1) is 16.0. The Bertz CT molecular complexity index is 1510. The summed E-state index contributed by atoms with van der Waals surface area (Å²) >= 11 is 0. The van der Waals surface area contributed by atoms with Crippen LogP contribution in [0, 0.1) is 12.7 Å². The zero-order valence-electron chi connectivity index (χ0n) is 17.8. The lowest BCUT2D eigenvalue weighted by Crippen LogP contribution is -2.23. The van der Waals surface area contributed by atoms with Crippen molar-refractivity contribution in [2.24, 2.45) is 5.10 Å². The predicted molar refractivity (Wildman–Crippen MR) is 117 cm³/mol. The first-order valence-electron chi connectivity index (χ1n) is 9.75. The van der Waals surface area contributed by atoms with Crippen molar-refractivity contribution in [3.05, 3.63) is 83.8 Å². The summed E-state index contributed by atoms with van der Waals surface area (Å²) in [6, 6.07) is 7.62. The van der Waals surface area contributed by atoms with Crippen LogP contribution in [0.4, 0.5) is 17.6 Å². The first-order valence-corrected chi connectivity index (χ1v) is 11.2. The van der Waals surface area contributed by atoms with Gasteiger partial charge in [0.15, 0.2) is 0 Å². The molecule has 0 saturated heterocycles. The normalized spacial score (nSPS) is 12.5. The number of sulfonamides is 1. The van der Waals surface area contributed by atoms with Gasteiger partial charge in [0.25, 0.3) is 10.0 Å². The van der Waals surface area contributed by atoms with Crippen LogP contribution < -0.4 is 0 Å². The number of hydrazone groups is 1. The van der Waals surface area contributed by atoms with E-state index in [1.165, 1.54) is 31.7 Å². The van der Waals surface area contributed by atoms with Crippen molar-refractivity contribution in [2.45, 2.75) is 18.0 Å². The van der Waals surface area contributed by atoms with Crippen molar-refractivity contribution in [3.8, 4) is 11.1 Å². The zero-order chi connectivity index (χ0) is 24.7. The van der Waals surface area contributed by atoms with E-state index in [4.69, 9.17) is 0 Å². The summed E-state index contributed by atoms with van der Waals surface area (Å²) in [6.07, 6.45) is 1.74. The third-order valence-electron chi connectivity index (χ3n) is 5.06. The Morgan fingerprint density at radius 2 is 1.82 bits per heavy atom. The zero-order valence-corrected chi connectivity index (χ0v) is 18.6. The smallest absolute Gasteiger partial charge is 0.298 e. The van der Waals surface area contributed by atoms with E-state index in [1.54, 1.807) is 29.7 Å². The van der Waals surface area contributed by atoms with Crippen molar-refractivity contribution >= 4 is 21.9 Å². The molecule has 3 heterocycles. The molecule has 0 fully saturated rings. The predicted octanol–water partition coefficient (Wildman–Crippen LogP) is 4.52. The van der Waals surface area contributed by atoms with Gasteiger partial charge in [-0.1, -0.05) is 6.07 Å². The highest BCUT2D eigenvalue weighted by Gasteiger charge is 2.31. The SMILES string of the molecule is Cc1ccc(F)cc1S(=O)(=O)N(C)/N=C/c1cnc2ccc(-c3cncc(C(F)(F)F)c3)cn12. The van der Waals surface area contributed by atoms with Gasteiger partial charge in [0.1, 0.15) is 11.5 Å². The number of hydrogen-bond donors (Lipinski definition) is 0. The van der Waals surface area contributed by atoms with Crippen molar-refractivity contribution in [3.63, 3.8) is 0 Å². The maximum atomic E-state index is 13.6. The quantitative estimate of drug-likeness (QED) is 0.234. The van der Waals surface area contributed by atoms with Crippen LogP contribution in [0.25, 0.3) is 16.8 Å². The molecule has 0 unspecified atom stereocenters. The molecule has 34 heavy (non-hydrogen) atoms. The number of alkyl halides is 3. The van der Waals surface area contributed by atoms with E-state index in [-0.39, 0.29) is 10.5 Å². The molecule has 3 aromatic heterocycles. The summed E-state index contributed by atoms with van der Waals surface area (Å²) in [5, 5.41) is 3.96. The monoisotopic (exact) mass is 491 g/mol. The minimum atomic E-state index is -4.53. The molecule has 0 saturated carbocycles. The average molecular weight is 491 g/mol. The van der Waals surface area contributed by atoms with E-state index in [9.17, 15) is 26.0 Å². The molecule has 0 spiro atoms. The Morgan fingerprint density at radius 3 is 2.56 bits per heavy atom. The van der Waals surface area contributed by atoms with Crippen molar-refractivity contribution in [2.75, 3.05) is 7.05 Å². The largest absolute Gasteiger partial charge is 0.417 e. The molecular formula is C22H17F4N5O2S. The fourth-order valence-electron chi connectivity index (χ4n) is 3.22. The average Bonchev–Trinajstić information content (AvgIpc) is 3.20. The number of imidazole rings is 1. The van der Waals surface area contributed by atoms with Crippen LogP contribution in [-0.4, -0.2) is 40.5 Å². The molecule has 0 aliphatic rings. The van der Waals surface area contributed by atoms with Gasteiger partial charge >= 0.3 is 6.18 Å². The van der Waals surface area contributed by atoms with Crippen LogP contribution in [0.3, 0.4) is 0 Å². The fourth-order valence-corrected chi connectivity index (χ4v) is 4.41. The molecule has 12 heteroatoms. The van der Waals surface area contributed by atoms with E-state index in [2.05, 4.69) is 15.1 Å². The number of fused-ring (bicyclic) bond motifs is 1. The fraction of sp³-hybridized carbons (Fsp3) is 0.136. The number of nitrogens with zero attached hydrogens (tertiary/aromatic N) is 5. The topological polar surface area (TPSA) is 79.9 Å². The van der Waals surface area contributed by atoms with Gasteiger partial charge < -0.3 is 0 Å². The highest BCUT2D eigenvalue weighted by Crippen LogP contribution is 2.31. The number of aromatic nitrogens is 3. The summed E-state index contributed by atoms with van der Waals surface area (Å²) in [5.41, 5.74) is 1.01. The van der Waals surface area contributed by atoms with Crippen LogP contribution in [-0.2, 0) is 16.2 Å². The van der Waals surface area contributed by atoms with Crippen molar-refractivity contribution in [1.82, 2.24) is 18.8 Å². The Morgan fingerprint density at radius 1 is 1.06 bits per heavy atom. The number of hydrogen-bond acceptors (Lipinski definition) is 5. The van der Waals surface area contributed by atoms with Gasteiger partial charge in [0.05, 0.1) is 28.6 Å². The van der Waals surface area contributed by atoms with E-state index in [0.717, 1.165) is 24.4 Å². The van der Waals surface area contributed by atoms with Crippen LogP contribution in [0.15, 0.2) is 71.2 Å². The second-order valence-corrected chi connectivity index (χ2v) is 9.30. The molecule has 0 N–H and O–H groups in total. The standard InChI is InChI=1S/C22H17F4N5O2S/c1-14-3-5-18(23)8-20(14)34(32,33)30(2)29-12-19-11-28-21-6-4-15(13-31(19)21)16-7-17(10-27-9-16)22(24,25)26/h3-13H,1-2H3/b29-12+. The highest BCUT2D eigenvalue weighted by molar-refractivity contribution is 7.89. The molecule has 176 valence electrons. The van der Waals surface area contributed by atoms with Gasteiger partial charge in [-0.25, -0.2) is 9.37 Å².